The Balaban J connectivity index is 2.19. The van der Waals surface area contributed by atoms with E-state index in [-0.39, 0.29) is 6.10 Å². The van der Waals surface area contributed by atoms with E-state index in [0.717, 1.165) is 25.2 Å². The van der Waals surface area contributed by atoms with E-state index in [2.05, 4.69) is 38.1 Å². The molecule has 0 aliphatic carbocycles. The molecule has 1 nitrogen and oxygen atoms in total. The molecule has 1 aromatic rings. The van der Waals surface area contributed by atoms with Crippen molar-refractivity contribution in [1.29, 1.82) is 0 Å². The predicted molar refractivity (Wildman–Crippen MR) is 78.7 cm³/mol. The molecule has 102 valence electrons. The lowest BCUT2D eigenvalue weighted by Crippen LogP contribution is -2.11. The Morgan fingerprint density at radius 1 is 0.944 bits per heavy atom. The number of aliphatic hydroxyl groups is 1. The molecule has 0 fully saturated rings. The summed E-state index contributed by atoms with van der Waals surface area (Å²) >= 11 is 0. The largest absolute Gasteiger partial charge is 0.393 e. The van der Waals surface area contributed by atoms with E-state index < -0.39 is 0 Å². The fourth-order valence-electron chi connectivity index (χ4n) is 2.51. The van der Waals surface area contributed by atoms with Gasteiger partial charge < -0.3 is 5.11 Å². The summed E-state index contributed by atoms with van der Waals surface area (Å²) in [5.41, 5.74) is 1.33. The monoisotopic (exact) mass is 248 g/mol. The molecular formula is C17H28O. The van der Waals surface area contributed by atoms with Gasteiger partial charge in [0.15, 0.2) is 0 Å². The van der Waals surface area contributed by atoms with Crippen LogP contribution in [-0.4, -0.2) is 11.2 Å². The van der Waals surface area contributed by atoms with E-state index in [0.29, 0.717) is 0 Å². The van der Waals surface area contributed by atoms with E-state index in [4.69, 9.17) is 0 Å². The zero-order chi connectivity index (χ0) is 13.2. The van der Waals surface area contributed by atoms with Crippen LogP contribution in [0, 0.1) is 5.92 Å². The van der Waals surface area contributed by atoms with Crippen molar-refractivity contribution in [2.45, 2.75) is 64.9 Å². The maximum Gasteiger partial charge on any atom is 0.0543 e. The molecule has 0 aliphatic rings. The van der Waals surface area contributed by atoms with Gasteiger partial charge in [-0.25, -0.2) is 0 Å². The minimum Gasteiger partial charge on any atom is -0.393 e. The summed E-state index contributed by atoms with van der Waals surface area (Å²) in [6, 6.07) is 10.4. The summed E-state index contributed by atoms with van der Waals surface area (Å²) in [4.78, 5) is 0. The molecule has 0 radical (unpaired) electrons. The molecule has 0 aliphatic heterocycles. The molecule has 1 heteroatoms. The number of rotatable bonds is 9. The molecule has 0 heterocycles. The Morgan fingerprint density at radius 3 is 2.28 bits per heavy atom. The highest BCUT2D eigenvalue weighted by Crippen LogP contribution is 2.19. The van der Waals surface area contributed by atoms with E-state index in [1.807, 2.05) is 6.07 Å². The van der Waals surface area contributed by atoms with E-state index in [1.54, 1.807) is 0 Å². The number of aryl methyl sites for hydroxylation is 1. The van der Waals surface area contributed by atoms with E-state index in [1.165, 1.54) is 31.2 Å². The van der Waals surface area contributed by atoms with Crippen LogP contribution in [-0.2, 0) is 6.42 Å². The Morgan fingerprint density at radius 2 is 1.67 bits per heavy atom. The lowest BCUT2D eigenvalue weighted by molar-refractivity contribution is 0.143. The van der Waals surface area contributed by atoms with Crippen LogP contribution in [0.25, 0.3) is 0 Å². The number of benzene rings is 1. The normalized spacial score (nSPS) is 14.4. The quantitative estimate of drug-likeness (QED) is 0.678. The standard InChI is InChI=1S/C17H28O/c1-3-8-15(4-2)11-13-17(18)14-12-16-9-6-5-7-10-16/h5-7,9-10,15,17-18H,3-4,8,11-14H2,1-2H3/t15?,17-/m1/s1. The Bertz CT molecular complexity index is 294. The third kappa shape index (κ3) is 6.20. The van der Waals surface area contributed by atoms with Gasteiger partial charge in [0.05, 0.1) is 6.10 Å². The highest BCUT2D eigenvalue weighted by molar-refractivity contribution is 5.14. The van der Waals surface area contributed by atoms with Gasteiger partial charge in [-0.05, 0) is 37.2 Å². The predicted octanol–water partition coefficient (Wildman–Crippen LogP) is 4.59. The Kier molecular flexibility index (Phi) is 7.75. The van der Waals surface area contributed by atoms with Crippen LogP contribution >= 0.6 is 0 Å². The maximum absolute atomic E-state index is 10.0. The molecule has 0 saturated heterocycles. The summed E-state index contributed by atoms with van der Waals surface area (Å²) in [6.07, 6.45) is 7.72. The second kappa shape index (κ2) is 9.16. The number of hydrogen-bond donors (Lipinski definition) is 1. The van der Waals surface area contributed by atoms with Gasteiger partial charge in [-0.15, -0.1) is 0 Å². The van der Waals surface area contributed by atoms with Crippen molar-refractivity contribution in [3.8, 4) is 0 Å². The summed E-state index contributed by atoms with van der Waals surface area (Å²) in [5, 5.41) is 10.0. The van der Waals surface area contributed by atoms with Crippen molar-refractivity contribution < 1.29 is 5.11 Å². The molecule has 0 aromatic heterocycles. The molecule has 1 unspecified atom stereocenters. The van der Waals surface area contributed by atoms with Crippen LogP contribution in [0.15, 0.2) is 30.3 Å². The zero-order valence-corrected chi connectivity index (χ0v) is 11.9. The van der Waals surface area contributed by atoms with Crippen LogP contribution in [0.2, 0.25) is 0 Å². The number of hydrogen-bond acceptors (Lipinski definition) is 1. The first-order valence-electron chi connectivity index (χ1n) is 7.48. The fourth-order valence-corrected chi connectivity index (χ4v) is 2.51. The van der Waals surface area contributed by atoms with Crippen molar-refractivity contribution in [3.05, 3.63) is 35.9 Å². The first-order chi connectivity index (χ1) is 8.76. The summed E-state index contributed by atoms with van der Waals surface area (Å²) in [7, 11) is 0. The lowest BCUT2D eigenvalue weighted by Gasteiger charge is -2.16. The molecule has 2 atom stereocenters. The SMILES string of the molecule is CCCC(CC)CC[C@@H](O)CCc1ccccc1. The van der Waals surface area contributed by atoms with Crippen molar-refractivity contribution >= 4 is 0 Å². The minimum atomic E-state index is -0.129. The van der Waals surface area contributed by atoms with Crippen molar-refractivity contribution in [3.63, 3.8) is 0 Å². The molecule has 1 N–H and O–H groups in total. The highest BCUT2D eigenvalue weighted by Gasteiger charge is 2.09. The van der Waals surface area contributed by atoms with Gasteiger partial charge in [0.25, 0.3) is 0 Å². The topological polar surface area (TPSA) is 20.2 Å². The smallest absolute Gasteiger partial charge is 0.0543 e. The van der Waals surface area contributed by atoms with Gasteiger partial charge in [-0.2, -0.15) is 0 Å². The molecular weight excluding hydrogens is 220 g/mol. The van der Waals surface area contributed by atoms with Gasteiger partial charge in [0.1, 0.15) is 0 Å². The second-order valence-electron chi connectivity index (χ2n) is 5.32. The Hall–Kier alpha value is -0.820. The van der Waals surface area contributed by atoms with Crippen molar-refractivity contribution in [1.82, 2.24) is 0 Å². The minimum absolute atomic E-state index is 0.129. The fraction of sp³-hybridized carbons (Fsp3) is 0.647. The van der Waals surface area contributed by atoms with Gasteiger partial charge in [-0.1, -0.05) is 63.4 Å². The molecule has 18 heavy (non-hydrogen) atoms. The van der Waals surface area contributed by atoms with Gasteiger partial charge in [-0.3, -0.25) is 0 Å². The van der Waals surface area contributed by atoms with Crippen LogP contribution in [0.1, 0.15) is 57.9 Å². The molecule has 1 aromatic carbocycles. The van der Waals surface area contributed by atoms with Crippen LogP contribution < -0.4 is 0 Å². The van der Waals surface area contributed by atoms with E-state index in [9.17, 15) is 5.11 Å². The van der Waals surface area contributed by atoms with E-state index >= 15 is 0 Å². The van der Waals surface area contributed by atoms with Gasteiger partial charge >= 0.3 is 0 Å². The summed E-state index contributed by atoms with van der Waals surface area (Å²) in [5.74, 6) is 0.807. The van der Waals surface area contributed by atoms with Crippen LogP contribution in [0.5, 0.6) is 0 Å². The maximum atomic E-state index is 10.0. The van der Waals surface area contributed by atoms with Crippen molar-refractivity contribution in [2.75, 3.05) is 0 Å². The molecule has 0 spiro atoms. The van der Waals surface area contributed by atoms with Crippen LogP contribution in [0.3, 0.4) is 0 Å². The van der Waals surface area contributed by atoms with Crippen LogP contribution in [0.4, 0.5) is 0 Å². The first kappa shape index (κ1) is 15.2. The summed E-state index contributed by atoms with van der Waals surface area (Å²) < 4.78 is 0. The third-order valence-electron chi connectivity index (χ3n) is 3.79. The van der Waals surface area contributed by atoms with Gasteiger partial charge in [0.2, 0.25) is 0 Å². The highest BCUT2D eigenvalue weighted by atomic mass is 16.3. The zero-order valence-electron chi connectivity index (χ0n) is 11.9. The molecule has 0 amide bonds. The summed E-state index contributed by atoms with van der Waals surface area (Å²) in [6.45, 7) is 4.51. The third-order valence-corrected chi connectivity index (χ3v) is 3.79. The lowest BCUT2D eigenvalue weighted by atomic mass is 9.92. The second-order valence-corrected chi connectivity index (χ2v) is 5.32. The first-order valence-corrected chi connectivity index (χ1v) is 7.48. The average molecular weight is 248 g/mol. The molecule has 1 rings (SSSR count). The molecule has 0 bridgehead atoms. The number of aliphatic hydroxyl groups excluding tert-OH is 1. The Labute approximate surface area is 112 Å². The van der Waals surface area contributed by atoms with Gasteiger partial charge in [0, 0.05) is 0 Å². The molecule has 0 saturated carbocycles. The van der Waals surface area contributed by atoms with Crippen molar-refractivity contribution in [2.24, 2.45) is 5.92 Å². The average Bonchev–Trinajstić information content (AvgIpc) is 2.42.